The van der Waals surface area contributed by atoms with E-state index in [4.69, 9.17) is 0 Å². The molecule has 0 fully saturated rings. The van der Waals surface area contributed by atoms with Gasteiger partial charge < -0.3 is 0 Å². The maximum atomic E-state index is 10.2. The second-order valence-corrected chi connectivity index (χ2v) is 2.13. The Labute approximate surface area is 62.4 Å². The van der Waals surface area contributed by atoms with Crippen LogP contribution in [0.25, 0.3) is 0 Å². The molecule has 0 aliphatic carbocycles. The normalized spacial score (nSPS) is 11.1. The molecule has 0 atom stereocenters. The highest BCUT2D eigenvalue weighted by Gasteiger charge is 1.92. The van der Waals surface area contributed by atoms with Crippen molar-refractivity contribution in [2.75, 3.05) is 0 Å². The molecule has 0 rings (SSSR count). The van der Waals surface area contributed by atoms with Crippen molar-refractivity contribution in [3.05, 3.63) is 24.3 Å². The average Bonchev–Trinajstić information content (AvgIpc) is 1.98. The molecule has 0 aromatic heterocycles. The summed E-state index contributed by atoms with van der Waals surface area (Å²) in [5.41, 5.74) is 0.719. The van der Waals surface area contributed by atoms with Gasteiger partial charge in [-0.2, -0.15) is 0 Å². The molecule has 0 aliphatic rings. The second-order valence-electron chi connectivity index (χ2n) is 2.13. The first-order valence-corrected chi connectivity index (χ1v) is 3.55. The standard InChI is InChI=1S/C9H13O/c1-3-5-7-9(8-10)6-4-2/h4,6H,2-3,5,7H2,1H3. The van der Waals surface area contributed by atoms with E-state index in [1.54, 1.807) is 12.2 Å². The van der Waals surface area contributed by atoms with Gasteiger partial charge in [0.05, 0.1) is 0 Å². The molecule has 10 heavy (non-hydrogen) atoms. The zero-order chi connectivity index (χ0) is 7.82. The highest BCUT2D eigenvalue weighted by molar-refractivity contribution is 5.74. The van der Waals surface area contributed by atoms with Gasteiger partial charge in [0.1, 0.15) is 0 Å². The summed E-state index contributed by atoms with van der Waals surface area (Å²) in [4.78, 5) is 10.2. The van der Waals surface area contributed by atoms with E-state index in [-0.39, 0.29) is 0 Å². The fourth-order valence-electron chi connectivity index (χ4n) is 0.678. The first-order chi connectivity index (χ1) is 4.85. The van der Waals surface area contributed by atoms with Crippen LogP contribution in [0.5, 0.6) is 0 Å². The summed E-state index contributed by atoms with van der Waals surface area (Å²) in [6, 6.07) is 0. The van der Waals surface area contributed by atoms with Crippen molar-refractivity contribution in [1.82, 2.24) is 0 Å². The van der Waals surface area contributed by atoms with Gasteiger partial charge in [-0.15, -0.1) is 0 Å². The van der Waals surface area contributed by atoms with E-state index in [2.05, 4.69) is 13.5 Å². The van der Waals surface area contributed by atoms with Gasteiger partial charge in [0.15, 0.2) is 0 Å². The largest absolute Gasteiger partial charge is 0.285 e. The topological polar surface area (TPSA) is 17.1 Å². The van der Waals surface area contributed by atoms with Crippen LogP contribution in [0.15, 0.2) is 24.3 Å². The van der Waals surface area contributed by atoms with Crippen molar-refractivity contribution in [3.8, 4) is 0 Å². The summed E-state index contributed by atoms with van der Waals surface area (Å²) in [6.45, 7) is 5.59. The molecular formula is C9H13O. The Bertz CT molecular complexity index is 134. The number of hydrogen-bond donors (Lipinski definition) is 0. The van der Waals surface area contributed by atoms with E-state index in [9.17, 15) is 4.79 Å². The Morgan fingerprint density at radius 1 is 1.70 bits per heavy atom. The fourth-order valence-corrected chi connectivity index (χ4v) is 0.678. The summed E-state index contributed by atoms with van der Waals surface area (Å²) >= 11 is 0. The van der Waals surface area contributed by atoms with E-state index in [0.29, 0.717) is 0 Å². The molecule has 1 heteroatoms. The molecule has 0 saturated carbocycles. The van der Waals surface area contributed by atoms with Gasteiger partial charge in [0.25, 0.3) is 0 Å². The van der Waals surface area contributed by atoms with Crippen LogP contribution >= 0.6 is 0 Å². The Kier molecular flexibility index (Phi) is 5.74. The van der Waals surface area contributed by atoms with Gasteiger partial charge in [-0.25, -0.2) is 0 Å². The van der Waals surface area contributed by atoms with Crippen molar-refractivity contribution in [2.24, 2.45) is 0 Å². The molecule has 0 aromatic rings. The van der Waals surface area contributed by atoms with E-state index < -0.39 is 0 Å². The van der Waals surface area contributed by atoms with E-state index in [1.165, 1.54) is 0 Å². The number of unbranched alkanes of at least 4 members (excludes halogenated alkanes) is 1. The lowest BCUT2D eigenvalue weighted by Gasteiger charge is -1.93. The van der Waals surface area contributed by atoms with Crippen LogP contribution in [0.4, 0.5) is 0 Å². The van der Waals surface area contributed by atoms with Crippen LogP contribution in [0.2, 0.25) is 0 Å². The smallest absolute Gasteiger partial charge is 0.229 e. The summed E-state index contributed by atoms with van der Waals surface area (Å²) in [5.74, 6) is 0. The molecule has 0 saturated heterocycles. The molecule has 0 spiro atoms. The number of carbonyl (C=O) groups excluding carboxylic acids is 1. The van der Waals surface area contributed by atoms with Crippen molar-refractivity contribution < 1.29 is 4.79 Å². The van der Waals surface area contributed by atoms with Crippen LogP contribution < -0.4 is 0 Å². The minimum absolute atomic E-state index is 0.719. The van der Waals surface area contributed by atoms with E-state index in [1.807, 2.05) is 6.29 Å². The lowest BCUT2D eigenvalue weighted by atomic mass is 10.1. The SMILES string of the molecule is C=CC=C([C]=O)CCCC. The van der Waals surface area contributed by atoms with Crippen LogP contribution in [0.3, 0.4) is 0 Å². The van der Waals surface area contributed by atoms with Crippen LogP contribution in [0, 0.1) is 0 Å². The molecule has 0 amide bonds. The first kappa shape index (κ1) is 9.15. The fraction of sp³-hybridized carbons (Fsp3) is 0.444. The van der Waals surface area contributed by atoms with Crippen molar-refractivity contribution in [1.29, 1.82) is 0 Å². The van der Waals surface area contributed by atoms with Crippen molar-refractivity contribution >= 4 is 6.29 Å². The predicted octanol–water partition coefficient (Wildman–Crippen LogP) is 2.40. The quantitative estimate of drug-likeness (QED) is 0.420. The zero-order valence-corrected chi connectivity index (χ0v) is 6.39. The third-order valence-electron chi connectivity index (χ3n) is 1.25. The van der Waals surface area contributed by atoms with Crippen LogP contribution in [-0.4, -0.2) is 6.29 Å². The molecule has 0 bridgehead atoms. The van der Waals surface area contributed by atoms with Crippen LogP contribution in [-0.2, 0) is 4.79 Å². The maximum Gasteiger partial charge on any atom is 0.229 e. The zero-order valence-electron chi connectivity index (χ0n) is 6.39. The van der Waals surface area contributed by atoms with E-state index >= 15 is 0 Å². The summed E-state index contributed by atoms with van der Waals surface area (Å²) in [5, 5.41) is 0. The minimum atomic E-state index is 0.719. The Morgan fingerprint density at radius 2 is 2.40 bits per heavy atom. The molecule has 1 radical (unpaired) electrons. The number of allylic oxidation sites excluding steroid dienone is 3. The van der Waals surface area contributed by atoms with E-state index in [0.717, 1.165) is 24.8 Å². The highest BCUT2D eigenvalue weighted by atomic mass is 16.1. The molecule has 0 aliphatic heterocycles. The van der Waals surface area contributed by atoms with Gasteiger partial charge in [-0.1, -0.05) is 32.1 Å². The second kappa shape index (κ2) is 6.27. The summed E-state index contributed by atoms with van der Waals surface area (Å²) in [7, 11) is 0. The molecular weight excluding hydrogens is 124 g/mol. The first-order valence-electron chi connectivity index (χ1n) is 3.55. The van der Waals surface area contributed by atoms with Crippen molar-refractivity contribution in [3.63, 3.8) is 0 Å². The third kappa shape index (κ3) is 4.07. The average molecular weight is 137 g/mol. The molecule has 0 heterocycles. The molecule has 0 unspecified atom stereocenters. The molecule has 0 N–H and O–H groups in total. The molecule has 0 aromatic carbocycles. The Hall–Kier alpha value is -0.850. The number of hydrogen-bond acceptors (Lipinski definition) is 1. The van der Waals surface area contributed by atoms with Gasteiger partial charge in [-0.3, -0.25) is 4.79 Å². The summed E-state index contributed by atoms with van der Waals surface area (Å²) in [6.07, 6.45) is 8.19. The highest BCUT2D eigenvalue weighted by Crippen LogP contribution is 2.03. The molecule has 55 valence electrons. The summed E-state index contributed by atoms with van der Waals surface area (Å²) < 4.78 is 0. The van der Waals surface area contributed by atoms with Crippen molar-refractivity contribution in [2.45, 2.75) is 26.2 Å². The van der Waals surface area contributed by atoms with Gasteiger partial charge in [0, 0.05) is 5.57 Å². The van der Waals surface area contributed by atoms with Gasteiger partial charge in [-0.05, 0) is 12.8 Å². The van der Waals surface area contributed by atoms with Gasteiger partial charge >= 0.3 is 0 Å². The maximum absolute atomic E-state index is 10.2. The lowest BCUT2D eigenvalue weighted by molar-refractivity contribution is 0.559. The monoisotopic (exact) mass is 137 g/mol. The third-order valence-corrected chi connectivity index (χ3v) is 1.25. The lowest BCUT2D eigenvalue weighted by Crippen LogP contribution is -1.83. The van der Waals surface area contributed by atoms with Gasteiger partial charge in [0.2, 0.25) is 6.29 Å². The Morgan fingerprint density at radius 3 is 2.80 bits per heavy atom. The van der Waals surface area contributed by atoms with Crippen LogP contribution in [0.1, 0.15) is 26.2 Å². The molecule has 1 nitrogen and oxygen atoms in total. The predicted molar refractivity (Wildman–Crippen MR) is 43.5 cm³/mol. The number of rotatable bonds is 5. The Balaban J connectivity index is 3.70. The minimum Gasteiger partial charge on any atom is -0.285 e.